The first kappa shape index (κ1) is 12.0. The molecule has 0 aromatic carbocycles. The normalized spacial score (nSPS) is 18.8. The van der Waals surface area contributed by atoms with E-state index >= 15 is 0 Å². The van der Waals surface area contributed by atoms with Gasteiger partial charge in [0.2, 0.25) is 5.91 Å². The summed E-state index contributed by atoms with van der Waals surface area (Å²) >= 11 is 0. The first-order valence-electron chi connectivity index (χ1n) is 5.26. The highest BCUT2D eigenvalue weighted by Crippen LogP contribution is 2.40. The zero-order valence-corrected chi connectivity index (χ0v) is 9.34. The fourth-order valence-electron chi connectivity index (χ4n) is 1.46. The van der Waals surface area contributed by atoms with E-state index in [1.54, 1.807) is 0 Å². The zero-order valence-electron chi connectivity index (χ0n) is 9.34. The predicted octanol–water partition coefficient (Wildman–Crippen LogP) is 0.815. The first-order valence-corrected chi connectivity index (χ1v) is 5.26. The summed E-state index contributed by atoms with van der Waals surface area (Å²) in [5.74, 6) is -0.183. The molecule has 15 heavy (non-hydrogen) atoms. The molecule has 1 fully saturated rings. The van der Waals surface area contributed by atoms with Gasteiger partial charge in [-0.3, -0.25) is 4.79 Å². The molecule has 0 bridgehead atoms. The quantitative estimate of drug-likeness (QED) is 0.721. The number of carbonyl (C=O) groups excluding carboxylic acids is 1. The molecule has 0 unspecified atom stereocenters. The molecule has 1 rings (SSSR count). The van der Waals surface area contributed by atoms with Crippen LogP contribution in [0, 0.1) is 22.2 Å². The summed E-state index contributed by atoms with van der Waals surface area (Å²) in [5, 5.41) is 20.7. The second-order valence-electron chi connectivity index (χ2n) is 5.05. The van der Waals surface area contributed by atoms with Crippen LogP contribution in [0.25, 0.3) is 0 Å². The Morgan fingerprint density at radius 2 is 2.20 bits per heavy atom. The average molecular weight is 210 g/mol. The van der Waals surface area contributed by atoms with Crippen LogP contribution in [0.3, 0.4) is 0 Å². The molecule has 0 atom stereocenters. The number of carbonyl (C=O) groups is 1. The van der Waals surface area contributed by atoms with Gasteiger partial charge in [-0.25, -0.2) is 0 Å². The maximum Gasteiger partial charge on any atom is 0.240 e. The van der Waals surface area contributed by atoms with Crippen molar-refractivity contribution in [1.82, 2.24) is 5.32 Å². The SMILES string of the molecule is CC(C)(CO)CNC(=O)C1(C#N)CCC1. The number of aliphatic hydroxyl groups excluding tert-OH is 1. The van der Waals surface area contributed by atoms with Gasteiger partial charge in [-0.2, -0.15) is 5.26 Å². The van der Waals surface area contributed by atoms with E-state index in [1.165, 1.54) is 0 Å². The Balaban J connectivity index is 2.47. The third kappa shape index (κ3) is 2.48. The Labute approximate surface area is 90.3 Å². The van der Waals surface area contributed by atoms with Gasteiger partial charge in [-0.05, 0) is 19.3 Å². The Hall–Kier alpha value is -1.08. The van der Waals surface area contributed by atoms with Crippen LogP contribution in [0.15, 0.2) is 0 Å². The molecule has 0 aromatic rings. The maximum absolute atomic E-state index is 11.7. The van der Waals surface area contributed by atoms with Gasteiger partial charge in [0.05, 0.1) is 6.07 Å². The van der Waals surface area contributed by atoms with Crippen LogP contribution < -0.4 is 5.32 Å². The molecule has 0 aliphatic heterocycles. The standard InChI is InChI=1S/C11H18N2O2/c1-10(2,8-14)7-13-9(15)11(6-12)4-3-5-11/h14H,3-5,7-8H2,1-2H3,(H,13,15). The lowest BCUT2D eigenvalue weighted by Gasteiger charge is -2.34. The minimum atomic E-state index is -0.786. The van der Waals surface area contributed by atoms with Crippen molar-refractivity contribution in [3.63, 3.8) is 0 Å². The molecule has 0 spiro atoms. The van der Waals surface area contributed by atoms with Crippen molar-refractivity contribution in [1.29, 1.82) is 5.26 Å². The third-order valence-corrected chi connectivity index (χ3v) is 3.01. The molecule has 84 valence electrons. The van der Waals surface area contributed by atoms with Crippen molar-refractivity contribution in [2.45, 2.75) is 33.1 Å². The first-order chi connectivity index (χ1) is 6.96. The van der Waals surface area contributed by atoms with Gasteiger partial charge in [0.1, 0.15) is 5.41 Å². The molecule has 1 saturated carbocycles. The van der Waals surface area contributed by atoms with Gasteiger partial charge < -0.3 is 10.4 Å². The number of nitrogens with one attached hydrogen (secondary N) is 1. The summed E-state index contributed by atoms with van der Waals surface area (Å²) in [7, 11) is 0. The molecule has 0 saturated heterocycles. The van der Waals surface area contributed by atoms with Crippen molar-refractivity contribution in [3.8, 4) is 6.07 Å². The Morgan fingerprint density at radius 3 is 2.53 bits per heavy atom. The number of nitrogens with zero attached hydrogens (tertiary/aromatic N) is 1. The Kier molecular flexibility index (Phi) is 3.35. The van der Waals surface area contributed by atoms with Crippen molar-refractivity contribution >= 4 is 5.91 Å². The second kappa shape index (κ2) is 4.19. The summed E-state index contributed by atoms with van der Waals surface area (Å²) in [6, 6.07) is 2.09. The fourth-order valence-corrected chi connectivity index (χ4v) is 1.46. The van der Waals surface area contributed by atoms with Crippen molar-refractivity contribution in [2.75, 3.05) is 13.2 Å². The molecule has 1 amide bonds. The molecule has 0 aromatic heterocycles. The smallest absolute Gasteiger partial charge is 0.240 e. The highest BCUT2D eigenvalue weighted by atomic mass is 16.3. The van der Waals surface area contributed by atoms with Crippen molar-refractivity contribution in [2.24, 2.45) is 10.8 Å². The van der Waals surface area contributed by atoms with E-state index in [0.717, 1.165) is 6.42 Å². The summed E-state index contributed by atoms with van der Waals surface area (Å²) in [6.45, 7) is 4.17. The summed E-state index contributed by atoms with van der Waals surface area (Å²) in [6.07, 6.45) is 2.27. The monoisotopic (exact) mass is 210 g/mol. The van der Waals surface area contributed by atoms with Crippen LogP contribution >= 0.6 is 0 Å². The van der Waals surface area contributed by atoms with E-state index in [0.29, 0.717) is 19.4 Å². The average Bonchev–Trinajstić information content (AvgIpc) is 2.14. The molecule has 1 aliphatic rings. The van der Waals surface area contributed by atoms with E-state index < -0.39 is 5.41 Å². The molecule has 1 aliphatic carbocycles. The zero-order chi connectivity index (χ0) is 11.5. The molecular weight excluding hydrogens is 192 g/mol. The number of hydrogen-bond donors (Lipinski definition) is 2. The van der Waals surface area contributed by atoms with E-state index in [-0.39, 0.29) is 17.9 Å². The van der Waals surface area contributed by atoms with Crippen molar-refractivity contribution < 1.29 is 9.90 Å². The highest BCUT2D eigenvalue weighted by Gasteiger charge is 2.44. The van der Waals surface area contributed by atoms with E-state index in [2.05, 4.69) is 11.4 Å². The molecule has 4 nitrogen and oxygen atoms in total. The van der Waals surface area contributed by atoms with Crippen LogP contribution in [-0.2, 0) is 4.79 Å². The molecule has 4 heteroatoms. The largest absolute Gasteiger partial charge is 0.396 e. The highest BCUT2D eigenvalue weighted by molar-refractivity contribution is 5.86. The summed E-state index contributed by atoms with van der Waals surface area (Å²) in [5.41, 5.74) is -1.11. The minimum Gasteiger partial charge on any atom is -0.396 e. The van der Waals surface area contributed by atoms with E-state index in [9.17, 15) is 4.79 Å². The van der Waals surface area contributed by atoms with Crippen LogP contribution in [0.1, 0.15) is 33.1 Å². The second-order valence-corrected chi connectivity index (χ2v) is 5.05. The van der Waals surface area contributed by atoms with E-state index in [4.69, 9.17) is 10.4 Å². The van der Waals surface area contributed by atoms with Gasteiger partial charge in [-0.1, -0.05) is 13.8 Å². The minimum absolute atomic E-state index is 0.0207. The van der Waals surface area contributed by atoms with Gasteiger partial charge in [-0.15, -0.1) is 0 Å². The third-order valence-electron chi connectivity index (χ3n) is 3.01. The lowest BCUT2D eigenvalue weighted by molar-refractivity contribution is -0.132. The van der Waals surface area contributed by atoms with E-state index in [1.807, 2.05) is 13.8 Å². The van der Waals surface area contributed by atoms with Crippen LogP contribution in [0.2, 0.25) is 0 Å². The Morgan fingerprint density at radius 1 is 1.60 bits per heavy atom. The van der Waals surface area contributed by atoms with Crippen LogP contribution in [0.5, 0.6) is 0 Å². The Bertz CT molecular complexity index is 287. The van der Waals surface area contributed by atoms with Crippen LogP contribution in [-0.4, -0.2) is 24.2 Å². The molecule has 0 radical (unpaired) electrons. The summed E-state index contributed by atoms with van der Waals surface area (Å²) in [4.78, 5) is 11.7. The summed E-state index contributed by atoms with van der Waals surface area (Å²) < 4.78 is 0. The maximum atomic E-state index is 11.7. The number of hydrogen-bond acceptors (Lipinski definition) is 3. The van der Waals surface area contributed by atoms with Gasteiger partial charge in [0, 0.05) is 18.6 Å². The van der Waals surface area contributed by atoms with Gasteiger partial charge in [0.15, 0.2) is 0 Å². The number of amides is 1. The van der Waals surface area contributed by atoms with Gasteiger partial charge >= 0.3 is 0 Å². The molecule has 2 N–H and O–H groups in total. The fraction of sp³-hybridized carbons (Fsp3) is 0.818. The molecule has 0 heterocycles. The number of rotatable bonds is 4. The lowest BCUT2D eigenvalue weighted by Crippen LogP contribution is -2.47. The topological polar surface area (TPSA) is 73.1 Å². The van der Waals surface area contributed by atoms with Gasteiger partial charge in [0.25, 0.3) is 0 Å². The number of aliphatic hydroxyl groups is 1. The van der Waals surface area contributed by atoms with Crippen LogP contribution in [0.4, 0.5) is 0 Å². The lowest BCUT2D eigenvalue weighted by atomic mass is 9.69. The van der Waals surface area contributed by atoms with Crippen molar-refractivity contribution in [3.05, 3.63) is 0 Å². The predicted molar refractivity (Wildman–Crippen MR) is 55.8 cm³/mol. The molecular formula is C11H18N2O2. The number of nitriles is 1.